The Bertz CT molecular complexity index is 101. The van der Waals surface area contributed by atoms with Crippen molar-refractivity contribution in [3.63, 3.8) is 0 Å². The Morgan fingerprint density at radius 2 is 0.333 bits per heavy atom. The summed E-state index contributed by atoms with van der Waals surface area (Å²) in [6.45, 7) is 21.0. The zero-order chi connectivity index (χ0) is 12.0. The maximum absolute atomic E-state index is 6.50. The first-order chi connectivity index (χ1) is 6.00. The van der Waals surface area contributed by atoms with E-state index in [1.807, 2.05) is 0 Å². The zero-order valence-corrected chi connectivity index (χ0v) is 10.7. The zero-order valence-electron chi connectivity index (χ0n) is 7.26. The molecule has 9 heteroatoms. The summed E-state index contributed by atoms with van der Waals surface area (Å²) in [6, 6.07) is 0. The summed E-state index contributed by atoms with van der Waals surface area (Å²) >= 11 is 0. The van der Waals surface area contributed by atoms with E-state index in [9.17, 15) is 0 Å². The third kappa shape index (κ3) is 624. The van der Waals surface area contributed by atoms with Crippen LogP contribution in [0.1, 0.15) is 0 Å². The van der Waals surface area contributed by atoms with Gasteiger partial charge in [-0.2, -0.15) is 0 Å². The van der Waals surface area contributed by atoms with Crippen molar-refractivity contribution in [3.8, 4) is 39.4 Å². The quantitative estimate of drug-likeness (QED) is 0.603. The molecular weight excluding hydrogens is 320 g/mol. The van der Waals surface area contributed by atoms with Gasteiger partial charge in [0.15, 0.2) is 0 Å². The van der Waals surface area contributed by atoms with E-state index in [0.717, 1.165) is 0 Å². The second kappa shape index (κ2) is 748. The van der Waals surface area contributed by atoms with Crippen molar-refractivity contribution in [1.82, 2.24) is 0 Å². The molecule has 0 rings (SSSR count). The van der Waals surface area contributed by atoms with Crippen molar-refractivity contribution >= 4 is 0 Å². The number of nitrogens with zero attached hydrogens (tertiary/aromatic N) is 6. The summed E-state index contributed by atoms with van der Waals surface area (Å²) in [5.74, 6) is 0. The Morgan fingerprint density at radius 3 is 0.333 bits per heavy atom. The molecule has 0 aromatic carbocycles. The molecule has 15 heavy (non-hydrogen) atoms. The molecule has 0 aromatic heterocycles. The molecule has 0 saturated heterocycles. The van der Waals surface area contributed by atoms with Gasteiger partial charge in [-0.1, -0.05) is 0 Å². The molecule has 0 aliphatic carbocycles. The Hall–Kier alpha value is -1.49. The molecular formula is C6H6CrFe2N6. The second-order valence-corrected chi connectivity index (χ2v) is 0. The molecule has 0 unspecified atom stereocenters. The van der Waals surface area contributed by atoms with Crippen molar-refractivity contribution < 1.29 is 51.5 Å². The monoisotopic (exact) mass is 326 g/mol. The molecule has 0 aromatic rings. The fraction of sp³-hybridized carbons (Fsp3) is 0. The van der Waals surface area contributed by atoms with Gasteiger partial charge in [0, 0.05) is 90.9 Å². The van der Waals surface area contributed by atoms with Gasteiger partial charge < -0.3 is 0 Å². The topological polar surface area (TPSA) is 143 Å². The number of rotatable bonds is 0. The predicted octanol–water partition coefficient (Wildman–Crippen LogP) is 0.831. The summed E-state index contributed by atoms with van der Waals surface area (Å²) in [5, 5.41) is 39.0. The van der Waals surface area contributed by atoms with Gasteiger partial charge in [-0.25, -0.2) is 31.6 Å². The Labute approximate surface area is 122 Å². The molecule has 0 N–H and O–H groups in total. The van der Waals surface area contributed by atoms with Crippen LogP contribution in [0, 0.1) is 71.0 Å². The minimum atomic E-state index is 0. The minimum Gasteiger partial charge on any atom is -0.202 e. The molecule has 0 radical (unpaired) electrons. The van der Waals surface area contributed by atoms with Crippen LogP contribution in [-0.2, 0) is 51.5 Å². The fourth-order valence-corrected chi connectivity index (χ4v) is 0. The second-order valence-electron chi connectivity index (χ2n) is 0. The van der Waals surface area contributed by atoms with Gasteiger partial charge in [-0.3, -0.25) is 0 Å². The van der Waals surface area contributed by atoms with Crippen LogP contribution in [0.5, 0.6) is 0 Å². The van der Waals surface area contributed by atoms with Crippen molar-refractivity contribution in [2.24, 2.45) is 0 Å². The van der Waals surface area contributed by atoms with Gasteiger partial charge in [0.1, 0.15) is 0 Å². The maximum atomic E-state index is 6.50. The van der Waals surface area contributed by atoms with Gasteiger partial charge >= 0.3 is 0 Å². The molecule has 0 heterocycles. The first-order valence-corrected chi connectivity index (χ1v) is 1.55. The Morgan fingerprint density at radius 1 is 0.333 bits per heavy atom. The van der Waals surface area contributed by atoms with Gasteiger partial charge in [-0.05, 0) is 0 Å². The molecule has 0 aliphatic rings. The fourth-order valence-electron chi connectivity index (χ4n) is 0. The van der Waals surface area contributed by atoms with Crippen LogP contribution < -0.4 is 0 Å². The van der Waals surface area contributed by atoms with E-state index in [-0.39, 0.29) is 51.5 Å². The van der Waals surface area contributed by atoms with Crippen molar-refractivity contribution in [3.05, 3.63) is 0 Å². The third-order valence-corrected chi connectivity index (χ3v) is 0. The molecule has 0 spiro atoms. The molecule has 0 atom stereocenters. The smallest absolute Gasteiger partial charge is 0.0462 e. The summed E-state index contributed by atoms with van der Waals surface area (Å²) in [6.07, 6.45) is 0. The summed E-state index contributed by atoms with van der Waals surface area (Å²) in [5.41, 5.74) is 0. The van der Waals surface area contributed by atoms with Gasteiger partial charge in [-0.15, -0.1) is 0 Å². The van der Waals surface area contributed by atoms with Gasteiger partial charge in [0.25, 0.3) is 0 Å². The average molecular weight is 326 g/mol. The van der Waals surface area contributed by atoms with E-state index in [4.69, 9.17) is 31.6 Å². The number of hydrogen-bond acceptors (Lipinski definition) is 6. The van der Waals surface area contributed by atoms with Crippen LogP contribution in [0.3, 0.4) is 0 Å². The van der Waals surface area contributed by atoms with Gasteiger partial charge in [0.2, 0.25) is 0 Å². The predicted molar refractivity (Wildman–Crippen MR) is 40.0 cm³/mol. The molecule has 0 bridgehead atoms. The van der Waals surface area contributed by atoms with Crippen molar-refractivity contribution in [2.75, 3.05) is 0 Å². The first-order valence-electron chi connectivity index (χ1n) is 1.55. The Balaban J connectivity index is -0.00000000396. The molecule has 0 aliphatic heterocycles. The average Bonchev–Trinajstić information content (AvgIpc) is 2.33. The van der Waals surface area contributed by atoms with E-state index in [0.29, 0.717) is 0 Å². The Kier molecular flexibility index (Phi) is 5180. The normalized spacial score (nSPS) is 0.800. The summed E-state index contributed by atoms with van der Waals surface area (Å²) in [4.78, 5) is 0. The maximum Gasteiger partial charge on any atom is 0.0462 e. The minimum absolute atomic E-state index is 0. The molecule has 6 nitrogen and oxygen atoms in total. The number of hydrogen-bond donors (Lipinski definition) is 0. The van der Waals surface area contributed by atoms with Crippen molar-refractivity contribution in [2.45, 2.75) is 0 Å². The summed E-state index contributed by atoms with van der Waals surface area (Å²) < 4.78 is 0. The summed E-state index contributed by atoms with van der Waals surface area (Å²) in [7, 11) is 0. The van der Waals surface area contributed by atoms with Crippen LogP contribution in [0.2, 0.25) is 0 Å². The van der Waals surface area contributed by atoms with Crippen LogP contribution in [0.25, 0.3) is 0 Å². The number of nitriles is 6. The van der Waals surface area contributed by atoms with E-state index in [1.54, 1.807) is 0 Å². The molecule has 0 amide bonds. The molecule has 82 valence electrons. The van der Waals surface area contributed by atoms with E-state index < -0.39 is 0 Å². The van der Waals surface area contributed by atoms with Crippen LogP contribution in [0.15, 0.2) is 0 Å². The van der Waals surface area contributed by atoms with E-state index >= 15 is 0 Å². The first kappa shape index (κ1) is 104. The largest absolute Gasteiger partial charge is 0.202 e. The standard InChI is InChI=1S/6CHN.Cr.2Fe/c6*1-2;;;/h6*1H;;;. The SMILES string of the molecule is C#N.C#N.C#N.C#N.C#N.C#N.[Cr].[Fe].[Fe]. The third-order valence-electron chi connectivity index (χ3n) is 0. The van der Waals surface area contributed by atoms with Crippen LogP contribution in [-0.4, -0.2) is 0 Å². The van der Waals surface area contributed by atoms with Crippen molar-refractivity contribution in [1.29, 1.82) is 31.6 Å². The van der Waals surface area contributed by atoms with Crippen LogP contribution in [0.4, 0.5) is 0 Å². The molecule has 0 fully saturated rings. The van der Waals surface area contributed by atoms with E-state index in [1.165, 1.54) is 0 Å². The van der Waals surface area contributed by atoms with Crippen LogP contribution >= 0.6 is 0 Å². The molecule has 0 saturated carbocycles. The van der Waals surface area contributed by atoms with Gasteiger partial charge in [0.05, 0.1) is 0 Å². The van der Waals surface area contributed by atoms with E-state index in [2.05, 4.69) is 39.4 Å².